The van der Waals surface area contributed by atoms with Crippen molar-refractivity contribution in [2.24, 2.45) is 0 Å². The first-order valence-corrected chi connectivity index (χ1v) is 11.0. The average Bonchev–Trinajstić information content (AvgIpc) is 3.11. The van der Waals surface area contributed by atoms with E-state index in [9.17, 15) is 4.79 Å². The standard InChI is InChI=1S/C24H28ClN3O4/c1-4-30-22-11-6-18(14-23(22)31-5-2)16-32-20-9-7-19(8-10-20)26-24(29)12-13-28-15-21(25)17(3)27-28/h6-11,14-15H,4-5,12-13,16H2,1-3H3,(H,26,29). The molecule has 1 amide bonds. The summed E-state index contributed by atoms with van der Waals surface area (Å²) in [5.74, 6) is 2.04. The summed E-state index contributed by atoms with van der Waals surface area (Å²) >= 11 is 5.99. The van der Waals surface area contributed by atoms with Gasteiger partial charge in [-0.05, 0) is 62.7 Å². The van der Waals surface area contributed by atoms with Crippen LogP contribution in [0.2, 0.25) is 5.02 Å². The van der Waals surface area contributed by atoms with E-state index in [-0.39, 0.29) is 5.91 Å². The van der Waals surface area contributed by atoms with Gasteiger partial charge in [-0.15, -0.1) is 0 Å². The average molecular weight is 458 g/mol. The summed E-state index contributed by atoms with van der Waals surface area (Å²) in [4.78, 5) is 12.2. The molecule has 0 spiro atoms. The molecule has 3 aromatic rings. The highest BCUT2D eigenvalue weighted by atomic mass is 35.5. The van der Waals surface area contributed by atoms with Gasteiger partial charge in [-0.1, -0.05) is 17.7 Å². The quantitative estimate of drug-likeness (QED) is 0.425. The second-order valence-corrected chi connectivity index (χ2v) is 7.49. The van der Waals surface area contributed by atoms with Crippen molar-refractivity contribution in [3.05, 3.63) is 64.9 Å². The van der Waals surface area contributed by atoms with Crippen molar-refractivity contribution < 1.29 is 19.0 Å². The van der Waals surface area contributed by atoms with Crippen LogP contribution in [-0.4, -0.2) is 28.9 Å². The lowest BCUT2D eigenvalue weighted by atomic mass is 10.2. The van der Waals surface area contributed by atoms with Gasteiger partial charge in [-0.2, -0.15) is 5.10 Å². The molecule has 0 aliphatic heterocycles. The van der Waals surface area contributed by atoms with Crippen LogP contribution in [0.5, 0.6) is 17.2 Å². The molecular formula is C24H28ClN3O4. The van der Waals surface area contributed by atoms with Crippen LogP contribution in [-0.2, 0) is 17.9 Å². The lowest BCUT2D eigenvalue weighted by Gasteiger charge is -2.13. The van der Waals surface area contributed by atoms with Crippen molar-refractivity contribution in [1.29, 1.82) is 0 Å². The van der Waals surface area contributed by atoms with Crippen molar-refractivity contribution in [3.63, 3.8) is 0 Å². The monoisotopic (exact) mass is 457 g/mol. The number of hydrogen-bond acceptors (Lipinski definition) is 5. The predicted molar refractivity (Wildman–Crippen MR) is 125 cm³/mol. The van der Waals surface area contributed by atoms with Gasteiger partial charge in [0.25, 0.3) is 0 Å². The molecule has 8 heteroatoms. The lowest BCUT2D eigenvalue weighted by molar-refractivity contribution is -0.116. The zero-order valence-electron chi connectivity index (χ0n) is 18.6. The van der Waals surface area contributed by atoms with E-state index in [0.717, 1.165) is 17.0 Å². The normalized spacial score (nSPS) is 10.6. The largest absolute Gasteiger partial charge is 0.490 e. The number of carbonyl (C=O) groups is 1. The van der Waals surface area contributed by atoms with Crippen LogP contribution in [0.3, 0.4) is 0 Å². The number of amides is 1. The molecule has 0 radical (unpaired) electrons. The number of rotatable bonds is 11. The lowest BCUT2D eigenvalue weighted by Crippen LogP contribution is -2.14. The Morgan fingerprint density at radius 2 is 1.75 bits per heavy atom. The van der Waals surface area contributed by atoms with Crippen LogP contribution >= 0.6 is 11.6 Å². The second kappa shape index (κ2) is 11.4. The Labute approximate surface area is 193 Å². The topological polar surface area (TPSA) is 74.6 Å². The van der Waals surface area contributed by atoms with Gasteiger partial charge in [-0.3, -0.25) is 9.48 Å². The molecule has 0 aliphatic carbocycles. The van der Waals surface area contributed by atoms with Gasteiger partial charge >= 0.3 is 0 Å². The smallest absolute Gasteiger partial charge is 0.226 e. The summed E-state index contributed by atoms with van der Waals surface area (Å²) in [5, 5.41) is 7.72. The Morgan fingerprint density at radius 1 is 1.03 bits per heavy atom. The van der Waals surface area contributed by atoms with Crippen LogP contribution in [0.15, 0.2) is 48.7 Å². The number of aryl methyl sites for hydroxylation is 2. The summed E-state index contributed by atoms with van der Waals surface area (Å²) in [6, 6.07) is 13.0. The van der Waals surface area contributed by atoms with Crippen LogP contribution < -0.4 is 19.5 Å². The molecule has 0 atom stereocenters. The van der Waals surface area contributed by atoms with Gasteiger partial charge in [0.1, 0.15) is 12.4 Å². The van der Waals surface area contributed by atoms with Crippen molar-refractivity contribution in [3.8, 4) is 17.2 Å². The van der Waals surface area contributed by atoms with Crippen LogP contribution in [0.4, 0.5) is 5.69 Å². The summed E-state index contributed by atoms with van der Waals surface area (Å²) in [7, 11) is 0. The second-order valence-electron chi connectivity index (χ2n) is 7.08. The molecule has 32 heavy (non-hydrogen) atoms. The van der Waals surface area contributed by atoms with Crippen molar-refractivity contribution >= 4 is 23.2 Å². The summed E-state index contributed by atoms with van der Waals surface area (Å²) < 4.78 is 18.8. The molecule has 170 valence electrons. The number of aromatic nitrogens is 2. The Balaban J connectivity index is 1.50. The summed E-state index contributed by atoms with van der Waals surface area (Å²) in [6.07, 6.45) is 2.02. The minimum Gasteiger partial charge on any atom is -0.490 e. The van der Waals surface area contributed by atoms with Gasteiger partial charge in [-0.25, -0.2) is 0 Å². The highest BCUT2D eigenvalue weighted by Gasteiger charge is 2.08. The number of halogens is 1. The molecule has 1 aromatic heterocycles. The third-order valence-corrected chi connectivity index (χ3v) is 4.98. The first-order valence-electron chi connectivity index (χ1n) is 10.6. The highest BCUT2D eigenvalue weighted by molar-refractivity contribution is 6.31. The molecule has 0 fully saturated rings. The number of nitrogens with zero attached hydrogens (tertiary/aromatic N) is 2. The fourth-order valence-corrected chi connectivity index (χ4v) is 3.18. The molecule has 0 saturated heterocycles. The van der Waals surface area contributed by atoms with Crippen molar-refractivity contribution in [1.82, 2.24) is 9.78 Å². The molecule has 0 aliphatic rings. The molecule has 7 nitrogen and oxygen atoms in total. The molecule has 1 N–H and O–H groups in total. The fourth-order valence-electron chi connectivity index (χ4n) is 3.03. The third-order valence-electron chi connectivity index (χ3n) is 4.61. The Bertz CT molecular complexity index is 1010. The SMILES string of the molecule is CCOc1ccc(COc2ccc(NC(=O)CCn3cc(Cl)c(C)n3)cc2)cc1OCC. The molecule has 0 saturated carbocycles. The first kappa shape index (κ1) is 23.5. The molecule has 3 rings (SSSR count). The van der Waals surface area contributed by atoms with Crippen molar-refractivity contribution in [2.75, 3.05) is 18.5 Å². The zero-order chi connectivity index (χ0) is 22.9. The third kappa shape index (κ3) is 6.65. The summed E-state index contributed by atoms with van der Waals surface area (Å²) in [6.45, 7) is 7.71. The van der Waals surface area contributed by atoms with Crippen molar-refractivity contribution in [2.45, 2.75) is 40.3 Å². The Kier molecular flexibility index (Phi) is 8.39. The van der Waals surface area contributed by atoms with Gasteiger partial charge in [0, 0.05) is 24.8 Å². The van der Waals surface area contributed by atoms with Crippen LogP contribution in [0, 0.1) is 6.92 Å². The maximum atomic E-state index is 12.2. The van der Waals surface area contributed by atoms with E-state index in [1.807, 2.05) is 63.2 Å². The number of carbonyl (C=O) groups excluding carboxylic acids is 1. The maximum absolute atomic E-state index is 12.2. The number of nitrogens with one attached hydrogen (secondary N) is 1. The van der Waals surface area contributed by atoms with Gasteiger partial charge in [0.05, 0.1) is 23.9 Å². The van der Waals surface area contributed by atoms with E-state index in [2.05, 4.69) is 10.4 Å². The fraction of sp³-hybridized carbons (Fsp3) is 0.333. The van der Waals surface area contributed by atoms with Gasteiger partial charge in [0.2, 0.25) is 5.91 Å². The molecule has 0 unspecified atom stereocenters. The molecular weight excluding hydrogens is 430 g/mol. The minimum absolute atomic E-state index is 0.0965. The van der Waals surface area contributed by atoms with E-state index in [1.165, 1.54) is 0 Å². The van der Waals surface area contributed by atoms with Crippen LogP contribution in [0.1, 0.15) is 31.5 Å². The number of ether oxygens (including phenoxy) is 3. The minimum atomic E-state index is -0.0965. The Morgan fingerprint density at radius 3 is 2.41 bits per heavy atom. The van der Waals surface area contributed by atoms with E-state index in [4.69, 9.17) is 25.8 Å². The molecule has 1 heterocycles. The van der Waals surface area contributed by atoms with E-state index >= 15 is 0 Å². The van der Waals surface area contributed by atoms with E-state index < -0.39 is 0 Å². The van der Waals surface area contributed by atoms with Gasteiger partial charge in [0.15, 0.2) is 11.5 Å². The highest BCUT2D eigenvalue weighted by Crippen LogP contribution is 2.29. The van der Waals surface area contributed by atoms with Crippen LogP contribution in [0.25, 0.3) is 0 Å². The number of benzene rings is 2. The predicted octanol–water partition coefficient (Wildman–Crippen LogP) is 5.25. The maximum Gasteiger partial charge on any atom is 0.226 e. The van der Waals surface area contributed by atoms with E-state index in [1.54, 1.807) is 10.9 Å². The first-order chi connectivity index (χ1) is 15.5. The molecule has 0 bridgehead atoms. The van der Waals surface area contributed by atoms with Gasteiger partial charge < -0.3 is 19.5 Å². The van der Waals surface area contributed by atoms with E-state index in [0.29, 0.717) is 55.0 Å². The summed E-state index contributed by atoms with van der Waals surface area (Å²) in [5.41, 5.74) is 2.43. The Hall–Kier alpha value is -3.19. The number of hydrogen-bond donors (Lipinski definition) is 1. The zero-order valence-corrected chi connectivity index (χ0v) is 19.3. The number of anilines is 1. The molecule has 2 aromatic carbocycles.